The fourth-order valence-corrected chi connectivity index (χ4v) is 3.29. The minimum absolute atomic E-state index is 0.0635. The van der Waals surface area contributed by atoms with Gasteiger partial charge in [0.15, 0.2) is 9.84 Å². The van der Waals surface area contributed by atoms with Crippen LogP contribution in [0.15, 0.2) is 17.0 Å². The Morgan fingerprint density at radius 1 is 1.40 bits per heavy atom. The van der Waals surface area contributed by atoms with Gasteiger partial charge >= 0.3 is 5.97 Å². The normalized spacial score (nSPS) is 11.6. The molecule has 1 aromatic carbocycles. The van der Waals surface area contributed by atoms with E-state index < -0.39 is 21.6 Å². The maximum absolute atomic E-state index is 13.6. The van der Waals surface area contributed by atoms with E-state index in [2.05, 4.69) is 0 Å². The van der Waals surface area contributed by atoms with E-state index in [-0.39, 0.29) is 34.8 Å². The van der Waals surface area contributed by atoms with Crippen LogP contribution in [0.2, 0.25) is 0 Å². The summed E-state index contributed by atoms with van der Waals surface area (Å²) in [7, 11) is -3.73. The summed E-state index contributed by atoms with van der Waals surface area (Å²) in [6, 6.07) is 1.81. The van der Waals surface area contributed by atoms with Gasteiger partial charge in [-0.1, -0.05) is 0 Å². The zero-order valence-corrected chi connectivity index (χ0v) is 12.2. The van der Waals surface area contributed by atoms with Gasteiger partial charge in [0.2, 0.25) is 0 Å². The average Bonchev–Trinajstić information content (AvgIpc) is 2.37. The van der Waals surface area contributed by atoms with Crippen LogP contribution in [0.4, 0.5) is 4.39 Å². The molecule has 0 fully saturated rings. The molecule has 0 aromatic heterocycles. The van der Waals surface area contributed by atoms with Crippen LogP contribution in [0, 0.1) is 12.7 Å². The smallest absolute Gasteiger partial charge is 0.335 e. The summed E-state index contributed by atoms with van der Waals surface area (Å²) in [6.45, 7) is 3.89. The maximum atomic E-state index is 13.6. The van der Waals surface area contributed by atoms with E-state index in [0.29, 0.717) is 6.61 Å². The summed E-state index contributed by atoms with van der Waals surface area (Å²) in [4.78, 5) is 10.6. The number of carbonyl (C=O) groups is 1. The number of ether oxygens (including phenoxy) is 1. The van der Waals surface area contributed by atoms with Gasteiger partial charge in [-0.25, -0.2) is 17.6 Å². The van der Waals surface area contributed by atoms with E-state index in [9.17, 15) is 17.6 Å². The van der Waals surface area contributed by atoms with E-state index in [4.69, 9.17) is 9.84 Å². The highest BCUT2D eigenvalue weighted by atomic mass is 32.2. The molecule has 0 aliphatic heterocycles. The molecule has 0 aliphatic carbocycles. The van der Waals surface area contributed by atoms with Crippen LogP contribution >= 0.6 is 0 Å². The quantitative estimate of drug-likeness (QED) is 0.780. The highest BCUT2D eigenvalue weighted by Crippen LogP contribution is 2.22. The number of rotatable bonds is 7. The minimum atomic E-state index is -3.73. The molecule has 112 valence electrons. The first-order valence-electron chi connectivity index (χ1n) is 6.13. The van der Waals surface area contributed by atoms with Gasteiger partial charge in [0.1, 0.15) is 5.82 Å². The molecule has 0 radical (unpaired) electrons. The van der Waals surface area contributed by atoms with Crippen LogP contribution < -0.4 is 0 Å². The van der Waals surface area contributed by atoms with Crippen LogP contribution in [0.1, 0.15) is 29.3 Å². The summed E-state index contributed by atoms with van der Waals surface area (Å²) in [5.41, 5.74) is -0.442. The average molecular weight is 304 g/mol. The van der Waals surface area contributed by atoms with Crippen molar-refractivity contribution in [1.29, 1.82) is 0 Å². The lowest BCUT2D eigenvalue weighted by Gasteiger charge is -2.10. The van der Waals surface area contributed by atoms with Crippen molar-refractivity contribution >= 4 is 15.8 Å². The number of hydrogen-bond acceptors (Lipinski definition) is 4. The molecule has 0 atom stereocenters. The molecule has 1 N–H and O–H groups in total. The summed E-state index contributed by atoms with van der Waals surface area (Å²) in [5, 5.41) is 8.85. The van der Waals surface area contributed by atoms with Crippen molar-refractivity contribution < 1.29 is 27.4 Å². The Hall–Kier alpha value is -1.47. The van der Waals surface area contributed by atoms with Crippen LogP contribution in [-0.2, 0) is 14.6 Å². The summed E-state index contributed by atoms with van der Waals surface area (Å²) >= 11 is 0. The molecule has 0 saturated heterocycles. The molecule has 0 spiro atoms. The SMILES string of the molecule is CCOCCCS(=O)(=O)c1cc(C(=O)O)cc(F)c1C. The van der Waals surface area contributed by atoms with Crippen molar-refractivity contribution in [3.63, 3.8) is 0 Å². The number of carboxylic acid groups (broad SMARTS) is 1. The third-order valence-electron chi connectivity index (χ3n) is 2.78. The van der Waals surface area contributed by atoms with Crippen molar-refractivity contribution in [3.05, 3.63) is 29.1 Å². The topological polar surface area (TPSA) is 80.7 Å². The second kappa shape index (κ2) is 6.81. The third-order valence-corrected chi connectivity index (χ3v) is 4.70. The fraction of sp³-hybridized carbons (Fsp3) is 0.462. The Balaban J connectivity index is 3.07. The summed E-state index contributed by atoms with van der Waals surface area (Å²) in [6.07, 6.45) is 0.272. The zero-order valence-electron chi connectivity index (χ0n) is 11.3. The molecular formula is C13H17FO5S. The molecule has 0 saturated carbocycles. The Morgan fingerprint density at radius 3 is 2.60 bits per heavy atom. The van der Waals surface area contributed by atoms with Gasteiger partial charge in [0, 0.05) is 18.8 Å². The van der Waals surface area contributed by atoms with Gasteiger partial charge in [-0.05, 0) is 32.4 Å². The lowest BCUT2D eigenvalue weighted by Crippen LogP contribution is -2.13. The van der Waals surface area contributed by atoms with E-state index in [1.807, 2.05) is 0 Å². The molecular weight excluding hydrogens is 287 g/mol. The molecule has 20 heavy (non-hydrogen) atoms. The van der Waals surface area contributed by atoms with E-state index >= 15 is 0 Å². The second-order valence-corrected chi connectivity index (χ2v) is 6.33. The van der Waals surface area contributed by atoms with Crippen LogP contribution in [-0.4, -0.2) is 38.5 Å². The second-order valence-electron chi connectivity index (χ2n) is 4.26. The standard InChI is InChI=1S/C13H17FO5S/c1-3-19-5-4-6-20(17,18)12-8-10(13(15)16)7-11(14)9(12)2/h7-8H,3-6H2,1-2H3,(H,15,16). The number of aromatic carboxylic acids is 1. The maximum Gasteiger partial charge on any atom is 0.335 e. The Kier molecular flexibility index (Phi) is 5.64. The fourth-order valence-electron chi connectivity index (χ4n) is 1.71. The Labute approximate surface area is 117 Å². The van der Waals surface area contributed by atoms with Crippen molar-refractivity contribution in [2.45, 2.75) is 25.2 Å². The van der Waals surface area contributed by atoms with Crippen molar-refractivity contribution in [3.8, 4) is 0 Å². The highest BCUT2D eigenvalue weighted by Gasteiger charge is 2.21. The van der Waals surface area contributed by atoms with Crippen LogP contribution in [0.5, 0.6) is 0 Å². The molecule has 0 amide bonds. The lowest BCUT2D eigenvalue weighted by atomic mass is 10.1. The van der Waals surface area contributed by atoms with Gasteiger partial charge in [-0.2, -0.15) is 0 Å². The number of hydrogen-bond donors (Lipinski definition) is 1. The van der Waals surface area contributed by atoms with Gasteiger partial charge in [0.25, 0.3) is 0 Å². The number of sulfone groups is 1. The predicted octanol–water partition coefficient (Wildman–Crippen LogP) is 2.03. The first-order chi connectivity index (χ1) is 9.29. The minimum Gasteiger partial charge on any atom is -0.478 e. The molecule has 0 heterocycles. The van der Waals surface area contributed by atoms with E-state index in [1.165, 1.54) is 6.92 Å². The summed E-state index contributed by atoms with van der Waals surface area (Å²) < 4.78 is 42.9. The number of carboxylic acids is 1. The van der Waals surface area contributed by atoms with Crippen molar-refractivity contribution in [2.75, 3.05) is 19.0 Å². The van der Waals surface area contributed by atoms with Crippen LogP contribution in [0.3, 0.4) is 0 Å². The lowest BCUT2D eigenvalue weighted by molar-refractivity contribution is 0.0696. The Bertz CT molecular complexity index is 595. The van der Waals surface area contributed by atoms with E-state index in [0.717, 1.165) is 12.1 Å². The van der Waals surface area contributed by atoms with Crippen molar-refractivity contribution in [2.24, 2.45) is 0 Å². The largest absolute Gasteiger partial charge is 0.478 e. The molecule has 0 bridgehead atoms. The molecule has 0 aliphatic rings. The van der Waals surface area contributed by atoms with E-state index in [1.54, 1.807) is 6.92 Å². The predicted molar refractivity (Wildman–Crippen MR) is 71.3 cm³/mol. The van der Waals surface area contributed by atoms with Gasteiger partial charge < -0.3 is 9.84 Å². The molecule has 5 nitrogen and oxygen atoms in total. The number of halogens is 1. The molecule has 7 heteroatoms. The van der Waals surface area contributed by atoms with Gasteiger partial charge in [-0.3, -0.25) is 0 Å². The third kappa shape index (κ3) is 4.01. The first kappa shape index (κ1) is 16.6. The van der Waals surface area contributed by atoms with Crippen molar-refractivity contribution in [1.82, 2.24) is 0 Å². The highest BCUT2D eigenvalue weighted by molar-refractivity contribution is 7.91. The zero-order chi connectivity index (χ0) is 15.3. The van der Waals surface area contributed by atoms with Crippen LogP contribution in [0.25, 0.3) is 0 Å². The molecule has 1 aromatic rings. The monoisotopic (exact) mass is 304 g/mol. The molecule has 1 rings (SSSR count). The van der Waals surface area contributed by atoms with Gasteiger partial charge in [0.05, 0.1) is 16.2 Å². The van der Waals surface area contributed by atoms with Gasteiger partial charge in [-0.15, -0.1) is 0 Å². The first-order valence-corrected chi connectivity index (χ1v) is 7.78. The summed E-state index contributed by atoms with van der Waals surface area (Å²) in [5.74, 6) is -2.42. The number of benzene rings is 1. The molecule has 0 unspecified atom stereocenters. The Morgan fingerprint density at radius 2 is 2.05 bits per heavy atom.